The number of aliphatic hydroxyl groups excluding tert-OH is 1. The summed E-state index contributed by atoms with van der Waals surface area (Å²) in [4.78, 5) is 4.69. The third kappa shape index (κ3) is 4.57. The maximum absolute atomic E-state index is 10.4. The van der Waals surface area contributed by atoms with Crippen molar-refractivity contribution in [2.24, 2.45) is 0 Å². The minimum Gasteiger partial charge on any atom is -0.389 e. The van der Waals surface area contributed by atoms with Gasteiger partial charge in [0.2, 0.25) is 0 Å². The summed E-state index contributed by atoms with van der Waals surface area (Å²) in [5, 5.41) is 10.4. The van der Waals surface area contributed by atoms with Crippen LogP contribution in [0.25, 0.3) is 0 Å². The van der Waals surface area contributed by atoms with Gasteiger partial charge in [0.05, 0.1) is 18.8 Å². The number of rotatable bonds is 6. The minimum absolute atomic E-state index is 0.153. The summed E-state index contributed by atoms with van der Waals surface area (Å²) < 4.78 is 6.10. The van der Waals surface area contributed by atoms with Gasteiger partial charge >= 0.3 is 0 Å². The fourth-order valence-electron chi connectivity index (χ4n) is 4.08. The summed E-state index contributed by atoms with van der Waals surface area (Å²) in [6, 6.07) is 9.19. The third-order valence-electron chi connectivity index (χ3n) is 5.48. The molecule has 24 heavy (non-hydrogen) atoms. The van der Waals surface area contributed by atoms with Gasteiger partial charge in [0, 0.05) is 19.1 Å². The minimum atomic E-state index is -0.403. The molecular weight excluding hydrogens is 300 g/mol. The molecule has 1 aliphatic heterocycles. The van der Waals surface area contributed by atoms with Crippen molar-refractivity contribution in [3.63, 3.8) is 0 Å². The number of ether oxygens (including phenoxy) is 1. The molecular formula is C20H32N2O2. The molecule has 1 heterocycles. The second-order valence-electron chi connectivity index (χ2n) is 7.59. The third-order valence-corrected chi connectivity index (χ3v) is 5.48. The quantitative estimate of drug-likeness (QED) is 0.868. The number of likely N-dealkylation sites (N-methyl/N-ethyl adjacent to an activating group) is 1. The molecule has 0 radical (unpaired) electrons. The summed E-state index contributed by atoms with van der Waals surface area (Å²) >= 11 is 0. The number of likely N-dealkylation sites (tertiary alicyclic amines) is 1. The van der Waals surface area contributed by atoms with Crippen LogP contribution in [0.1, 0.15) is 42.9 Å². The lowest BCUT2D eigenvalue weighted by molar-refractivity contribution is -0.0325. The Kier molecular flexibility index (Phi) is 6.28. The van der Waals surface area contributed by atoms with Crippen molar-refractivity contribution in [1.82, 2.24) is 9.80 Å². The van der Waals surface area contributed by atoms with Gasteiger partial charge < -0.3 is 14.7 Å². The number of nitrogens with zero attached hydrogens (tertiary/aromatic N) is 2. The van der Waals surface area contributed by atoms with Gasteiger partial charge in [-0.2, -0.15) is 0 Å². The van der Waals surface area contributed by atoms with Crippen molar-refractivity contribution in [3.05, 3.63) is 35.4 Å². The molecule has 0 saturated carbocycles. The molecule has 0 aromatic heterocycles. The molecule has 2 aliphatic rings. The zero-order chi connectivity index (χ0) is 16.9. The first-order valence-electron chi connectivity index (χ1n) is 9.39. The van der Waals surface area contributed by atoms with Gasteiger partial charge in [-0.15, -0.1) is 0 Å². The standard InChI is InChI=1S/C20H32N2O2/c1-21(2)17-9-6-12-22(13-17)14-18(23)15-24-20-11-5-8-16-7-3-4-10-19(16)20/h3-4,7,10,17-18,20,23H,5-6,8-9,11-15H2,1-2H3. The molecule has 3 rings (SSSR count). The highest BCUT2D eigenvalue weighted by Crippen LogP contribution is 2.32. The average Bonchev–Trinajstić information content (AvgIpc) is 2.60. The van der Waals surface area contributed by atoms with Gasteiger partial charge in [-0.25, -0.2) is 0 Å². The normalized spacial score (nSPS) is 26.3. The molecule has 4 nitrogen and oxygen atoms in total. The second kappa shape index (κ2) is 8.43. The Morgan fingerprint density at radius 3 is 2.92 bits per heavy atom. The molecule has 4 heteroatoms. The number of piperidine rings is 1. The van der Waals surface area contributed by atoms with Gasteiger partial charge in [-0.1, -0.05) is 24.3 Å². The van der Waals surface area contributed by atoms with Crippen LogP contribution in [0.3, 0.4) is 0 Å². The topological polar surface area (TPSA) is 35.9 Å². The van der Waals surface area contributed by atoms with Gasteiger partial charge in [-0.3, -0.25) is 4.90 Å². The first kappa shape index (κ1) is 17.9. The lowest BCUT2D eigenvalue weighted by Gasteiger charge is -2.37. The molecule has 3 atom stereocenters. The van der Waals surface area contributed by atoms with Crippen LogP contribution in [-0.4, -0.2) is 67.4 Å². The Labute approximate surface area is 146 Å². The van der Waals surface area contributed by atoms with Gasteiger partial charge in [0.1, 0.15) is 0 Å². The molecule has 134 valence electrons. The number of hydrogen-bond acceptors (Lipinski definition) is 4. The van der Waals surface area contributed by atoms with Crippen LogP contribution in [-0.2, 0) is 11.2 Å². The monoisotopic (exact) mass is 332 g/mol. The van der Waals surface area contributed by atoms with E-state index in [4.69, 9.17) is 4.74 Å². The van der Waals surface area contributed by atoms with E-state index in [1.807, 2.05) is 0 Å². The van der Waals surface area contributed by atoms with E-state index in [-0.39, 0.29) is 6.10 Å². The van der Waals surface area contributed by atoms with Crippen LogP contribution < -0.4 is 0 Å². The highest BCUT2D eigenvalue weighted by Gasteiger charge is 2.25. The SMILES string of the molecule is CN(C)C1CCCN(CC(O)COC2CCCc3ccccc32)C1. The fraction of sp³-hybridized carbons (Fsp3) is 0.700. The van der Waals surface area contributed by atoms with E-state index in [0.29, 0.717) is 12.6 Å². The van der Waals surface area contributed by atoms with Crippen molar-refractivity contribution < 1.29 is 9.84 Å². The summed E-state index contributed by atoms with van der Waals surface area (Å²) in [5.41, 5.74) is 2.73. The number of aliphatic hydroxyl groups is 1. The number of benzene rings is 1. The Morgan fingerprint density at radius 1 is 1.25 bits per heavy atom. The number of β-amino-alcohol motifs (C(OH)–C–C–N with tert-alkyl or cyclic N) is 1. The fourth-order valence-corrected chi connectivity index (χ4v) is 4.08. The van der Waals surface area contributed by atoms with E-state index in [1.54, 1.807) is 0 Å². The van der Waals surface area contributed by atoms with E-state index in [9.17, 15) is 5.11 Å². The average molecular weight is 332 g/mol. The molecule has 0 bridgehead atoms. The van der Waals surface area contributed by atoms with Crippen LogP contribution >= 0.6 is 0 Å². The van der Waals surface area contributed by atoms with Gasteiger partial charge in [0.15, 0.2) is 0 Å². The first-order chi connectivity index (χ1) is 11.6. The molecule has 1 aromatic rings. The predicted octanol–water partition coefficient (Wildman–Crippen LogP) is 2.47. The van der Waals surface area contributed by atoms with Gasteiger partial charge in [0.25, 0.3) is 0 Å². The Balaban J connectivity index is 1.47. The summed E-state index contributed by atoms with van der Waals surface area (Å²) in [6.45, 7) is 3.30. The van der Waals surface area contributed by atoms with Gasteiger partial charge in [-0.05, 0) is 63.9 Å². The van der Waals surface area contributed by atoms with E-state index >= 15 is 0 Å². The zero-order valence-electron chi connectivity index (χ0n) is 15.2. The van der Waals surface area contributed by atoms with E-state index in [1.165, 1.54) is 30.4 Å². The molecule has 1 fully saturated rings. The maximum Gasteiger partial charge on any atom is 0.0900 e. The van der Waals surface area contributed by atoms with Crippen molar-refractivity contribution in [2.45, 2.75) is 50.4 Å². The number of hydrogen-bond donors (Lipinski definition) is 1. The summed E-state index contributed by atoms with van der Waals surface area (Å²) in [6.07, 6.45) is 5.62. The molecule has 1 aromatic carbocycles. The first-order valence-corrected chi connectivity index (χ1v) is 9.39. The molecule has 1 N–H and O–H groups in total. The Bertz CT molecular complexity index is 520. The second-order valence-corrected chi connectivity index (χ2v) is 7.59. The molecule has 1 saturated heterocycles. The number of fused-ring (bicyclic) bond motifs is 1. The molecule has 0 amide bonds. The smallest absolute Gasteiger partial charge is 0.0900 e. The van der Waals surface area contributed by atoms with Crippen LogP contribution in [0.5, 0.6) is 0 Å². The highest BCUT2D eigenvalue weighted by atomic mass is 16.5. The van der Waals surface area contributed by atoms with E-state index < -0.39 is 6.10 Å². The van der Waals surface area contributed by atoms with Crippen LogP contribution in [0, 0.1) is 0 Å². The van der Waals surface area contributed by atoms with Crippen molar-refractivity contribution >= 4 is 0 Å². The number of aryl methyl sites for hydroxylation is 1. The lowest BCUT2D eigenvalue weighted by Crippen LogP contribution is -2.48. The zero-order valence-corrected chi connectivity index (χ0v) is 15.2. The molecule has 1 aliphatic carbocycles. The molecule has 3 unspecified atom stereocenters. The highest BCUT2D eigenvalue weighted by molar-refractivity contribution is 5.31. The summed E-state index contributed by atoms with van der Waals surface area (Å²) in [7, 11) is 4.29. The van der Waals surface area contributed by atoms with E-state index in [2.05, 4.69) is 48.2 Å². The van der Waals surface area contributed by atoms with Crippen molar-refractivity contribution in [3.8, 4) is 0 Å². The van der Waals surface area contributed by atoms with E-state index in [0.717, 1.165) is 32.5 Å². The van der Waals surface area contributed by atoms with Crippen LogP contribution in [0.15, 0.2) is 24.3 Å². The largest absolute Gasteiger partial charge is 0.389 e. The Hall–Kier alpha value is -0.940. The maximum atomic E-state index is 10.4. The molecule has 0 spiro atoms. The van der Waals surface area contributed by atoms with Crippen LogP contribution in [0.2, 0.25) is 0 Å². The van der Waals surface area contributed by atoms with Crippen LogP contribution in [0.4, 0.5) is 0 Å². The lowest BCUT2D eigenvalue weighted by atomic mass is 9.89. The van der Waals surface area contributed by atoms with Crippen molar-refractivity contribution in [1.29, 1.82) is 0 Å². The Morgan fingerprint density at radius 2 is 2.08 bits per heavy atom. The predicted molar refractivity (Wildman–Crippen MR) is 97.2 cm³/mol. The van der Waals surface area contributed by atoms with Crippen molar-refractivity contribution in [2.75, 3.05) is 40.3 Å². The summed E-state index contributed by atoms with van der Waals surface area (Å²) in [5.74, 6) is 0.